The van der Waals surface area contributed by atoms with Crippen LogP contribution in [0.1, 0.15) is 25.7 Å². The fourth-order valence-corrected chi connectivity index (χ4v) is 2.22. The van der Waals surface area contributed by atoms with Crippen LogP contribution in [0.25, 0.3) is 0 Å². The van der Waals surface area contributed by atoms with E-state index >= 15 is 0 Å². The van der Waals surface area contributed by atoms with Crippen LogP contribution in [0.5, 0.6) is 0 Å². The van der Waals surface area contributed by atoms with Crippen LogP contribution in [-0.4, -0.2) is 25.0 Å². The van der Waals surface area contributed by atoms with Gasteiger partial charge in [0.15, 0.2) is 0 Å². The molecule has 0 spiro atoms. The van der Waals surface area contributed by atoms with Gasteiger partial charge in [0.05, 0.1) is 0 Å². The van der Waals surface area contributed by atoms with Crippen molar-refractivity contribution in [2.45, 2.75) is 31.7 Å². The molecule has 1 amide bonds. The third-order valence-electron chi connectivity index (χ3n) is 2.93. The first kappa shape index (κ1) is 8.05. The van der Waals surface area contributed by atoms with E-state index in [-0.39, 0.29) is 5.91 Å². The number of fused-ring (bicyclic) bond motifs is 1. The minimum Gasteiger partial charge on any atom is -0.353 e. The van der Waals surface area contributed by atoms with E-state index in [0.717, 1.165) is 32.4 Å². The van der Waals surface area contributed by atoms with E-state index < -0.39 is 0 Å². The van der Waals surface area contributed by atoms with E-state index in [0.29, 0.717) is 12.0 Å². The summed E-state index contributed by atoms with van der Waals surface area (Å²) in [6.07, 6.45) is 4.11. The molecular formula is C9H16N2O. The second-order valence-corrected chi connectivity index (χ2v) is 3.82. The Bertz CT molecular complexity index is 181. The number of hydrogen-bond donors (Lipinski definition) is 2. The fraction of sp³-hybridized carbons (Fsp3) is 0.889. The average Bonchev–Trinajstić information content (AvgIpc) is 2.25. The zero-order valence-electron chi connectivity index (χ0n) is 7.31. The van der Waals surface area contributed by atoms with Gasteiger partial charge in [-0.05, 0) is 38.3 Å². The lowest BCUT2D eigenvalue weighted by molar-refractivity contribution is -0.121. The van der Waals surface area contributed by atoms with Gasteiger partial charge in [0.1, 0.15) is 0 Å². The van der Waals surface area contributed by atoms with Crippen molar-refractivity contribution in [2.24, 2.45) is 5.92 Å². The maximum atomic E-state index is 11.2. The summed E-state index contributed by atoms with van der Waals surface area (Å²) < 4.78 is 0. The largest absolute Gasteiger partial charge is 0.353 e. The van der Waals surface area contributed by atoms with Crippen molar-refractivity contribution in [3.05, 3.63) is 0 Å². The molecule has 68 valence electrons. The molecule has 0 aromatic heterocycles. The van der Waals surface area contributed by atoms with Gasteiger partial charge in [0, 0.05) is 12.5 Å². The molecule has 2 atom stereocenters. The van der Waals surface area contributed by atoms with Gasteiger partial charge < -0.3 is 10.6 Å². The number of rotatable bonds is 0. The van der Waals surface area contributed by atoms with Gasteiger partial charge in [-0.15, -0.1) is 0 Å². The first-order chi connectivity index (χ1) is 5.86. The van der Waals surface area contributed by atoms with Crippen LogP contribution in [0.15, 0.2) is 0 Å². The van der Waals surface area contributed by atoms with Gasteiger partial charge in [0.2, 0.25) is 5.91 Å². The van der Waals surface area contributed by atoms with E-state index in [1.165, 1.54) is 6.42 Å². The highest BCUT2D eigenvalue weighted by Crippen LogP contribution is 2.20. The summed E-state index contributed by atoms with van der Waals surface area (Å²) >= 11 is 0. The Labute approximate surface area is 72.9 Å². The third kappa shape index (κ3) is 1.61. The molecule has 2 aliphatic rings. The lowest BCUT2D eigenvalue weighted by Crippen LogP contribution is -2.47. The zero-order chi connectivity index (χ0) is 8.39. The van der Waals surface area contributed by atoms with E-state index in [2.05, 4.69) is 10.6 Å². The lowest BCUT2D eigenvalue weighted by Gasteiger charge is -2.30. The summed E-state index contributed by atoms with van der Waals surface area (Å²) in [6, 6.07) is 0.459. The zero-order valence-corrected chi connectivity index (χ0v) is 7.31. The Morgan fingerprint density at radius 3 is 3.17 bits per heavy atom. The van der Waals surface area contributed by atoms with E-state index in [4.69, 9.17) is 0 Å². The Balaban J connectivity index is 2.01. The van der Waals surface area contributed by atoms with Crippen LogP contribution in [0.3, 0.4) is 0 Å². The molecule has 12 heavy (non-hydrogen) atoms. The van der Waals surface area contributed by atoms with Crippen molar-refractivity contribution >= 4 is 5.91 Å². The minimum absolute atomic E-state index is 0.254. The number of nitrogens with one attached hydrogen (secondary N) is 2. The molecule has 2 rings (SSSR count). The molecule has 2 heterocycles. The molecule has 2 N–H and O–H groups in total. The minimum atomic E-state index is 0.254. The van der Waals surface area contributed by atoms with Gasteiger partial charge in [-0.25, -0.2) is 0 Å². The first-order valence-electron chi connectivity index (χ1n) is 4.86. The van der Waals surface area contributed by atoms with Gasteiger partial charge in [-0.2, -0.15) is 0 Å². The second kappa shape index (κ2) is 3.44. The molecule has 2 fully saturated rings. The third-order valence-corrected chi connectivity index (χ3v) is 2.93. The number of amides is 1. The van der Waals surface area contributed by atoms with Crippen LogP contribution in [0.2, 0.25) is 0 Å². The van der Waals surface area contributed by atoms with Gasteiger partial charge in [-0.3, -0.25) is 4.79 Å². The number of carbonyl (C=O) groups is 1. The molecule has 3 heteroatoms. The molecule has 0 aromatic carbocycles. The van der Waals surface area contributed by atoms with Crippen LogP contribution in [0.4, 0.5) is 0 Å². The summed E-state index contributed by atoms with van der Waals surface area (Å²) in [7, 11) is 0. The highest BCUT2D eigenvalue weighted by molar-refractivity contribution is 5.76. The summed E-state index contributed by atoms with van der Waals surface area (Å²) in [5, 5.41) is 6.48. The standard InChI is InChI=1S/C9H16N2O/c12-9-3-1-2-7-6-10-5-4-8(7)11-9/h7-8,10H,1-6H2,(H,11,12)/t7-,8-/m0/s1. The highest BCUT2D eigenvalue weighted by atomic mass is 16.1. The normalized spacial score (nSPS) is 36.5. The molecule has 2 saturated heterocycles. The van der Waals surface area contributed by atoms with Gasteiger partial charge in [-0.1, -0.05) is 0 Å². The fourth-order valence-electron chi connectivity index (χ4n) is 2.22. The van der Waals surface area contributed by atoms with E-state index in [9.17, 15) is 4.79 Å². The van der Waals surface area contributed by atoms with Crippen LogP contribution >= 0.6 is 0 Å². The molecule has 0 unspecified atom stereocenters. The number of hydrogen-bond acceptors (Lipinski definition) is 2. The maximum Gasteiger partial charge on any atom is 0.220 e. The molecular weight excluding hydrogens is 152 g/mol. The molecule has 0 aliphatic carbocycles. The average molecular weight is 168 g/mol. The Morgan fingerprint density at radius 1 is 1.33 bits per heavy atom. The van der Waals surface area contributed by atoms with Crippen molar-refractivity contribution in [2.75, 3.05) is 13.1 Å². The lowest BCUT2D eigenvalue weighted by atomic mass is 9.90. The number of piperidine rings is 1. The summed E-state index contributed by atoms with van der Waals surface area (Å²) in [4.78, 5) is 11.2. The summed E-state index contributed by atoms with van der Waals surface area (Å²) in [5.41, 5.74) is 0. The Morgan fingerprint density at radius 2 is 2.25 bits per heavy atom. The van der Waals surface area contributed by atoms with E-state index in [1.807, 2.05) is 0 Å². The summed E-state index contributed by atoms with van der Waals surface area (Å²) in [5.74, 6) is 0.939. The van der Waals surface area contributed by atoms with E-state index in [1.54, 1.807) is 0 Å². The van der Waals surface area contributed by atoms with Crippen molar-refractivity contribution in [1.82, 2.24) is 10.6 Å². The van der Waals surface area contributed by atoms with Crippen LogP contribution in [-0.2, 0) is 4.79 Å². The maximum absolute atomic E-state index is 11.2. The molecule has 2 aliphatic heterocycles. The highest BCUT2D eigenvalue weighted by Gasteiger charge is 2.28. The quantitative estimate of drug-likeness (QED) is 0.545. The molecule has 0 saturated carbocycles. The van der Waals surface area contributed by atoms with Crippen LogP contribution < -0.4 is 10.6 Å². The Hall–Kier alpha value is -0.570. The number of carbonyl (C=O) groups excluding carboxylic acids is 1. The SMILES string of the molecule is O=C1CCC[C@H]2CNCC[C@@H]2N1. The molecule has 0 radical (unpaired) electrons. The Kier molecular flexibility index (Phi) is 2.30. The van der Waals surface area contributed by atoms with Crippen molar-refractivity contribution in [1.29, 1.82) is 0 Å². The second-order valence-electron chi connectivity index (χ2n) is 3.82. The smallest absolute Gasteiger partial charge is 0.220 e. The van der Waals surface area contributed by atoms with Crippen molar-refractivity contribution < 1.29 is 4.79 Å². The monoisotopic (exact) mass is 168 g/mol. The molecule has 0 aromatic rings. The van der Waals surface area contributed by atoms with Crippen LogP contribution in [0, 0.1) is 5.92 Å². The van der Waals surface area contributed by atoms with Gasteiger partial charge >= 0.3 is 0 Å². The van der Waals surface area contributed by atoms with Crippen molar-refractivity contribution in [3.63, 3.8) is 0 Å². The van der Waals surface area contributed by atoms with Crippen molar-refractivity contribution in [3.8, 4) is 0 Å². The first-order valence-corrected chi connectivity index (χ1v) is 4.86. The predicted octanol–water partition coefficient (Wildman–Crippen LogP) is 0.265. The topological polar surface area (TPSA) is 41.1 Å². The summed E-state index contributed by atoms with van der Waals surface area (Å²) in [6.45, 7) is 2.15. The van der Waals surface area contributed by atoms with Gasteiger partial charge in [0.25, 0.3) is 0 Å². The molecule has 3 nitrogen and oxygen atoms in total. The predicted molar refractivity (Wildman–Crippen MR) is 46.8 cm³/mol. The molecule has 0 bridgehead atoms.